The van der Waals surface area contributed by atoms with Gasteiger partial charge in [0.05, 0.1) is 10.6 Å². The molecule has 1 N–H and O–H groups in total. The normalized spacial score (nSPS) is 11.2. The second kappa shape index (κ2) is 6.86. The maximum atomic E-state index is 12.5. The third kappa shape index (κ3) is 3.38. The highest BCUT2D eigenvalue weighted by Crippen LogP contribution is 2.23. The number of rotatable bonds is 6. The summed E-state index contributed by atoms with van der Waals surface area (Å²) in [6, 6.07) is 8.09. The highest BCUT2D eigenvalue weighted by molar-refractivity contribution is 7.13. The summed E-state index contributed by atoms with van der Waals surface area (Å²) in [5.74, 6) is 0.591. The zero-order chi connectivity index (χ0) is 14.5. The Hall–Kier alpha value is -1.39. The SMILES string of the molecule is CCn1c(-c2cccs2)ccc(CNCC(C)C)c1=O. The van der Waals surface area contributed by atoms with E-state index in [1.54, 1.807) is 11.3 Å². The first kappa shape index (κ1) is 15.0. The van der Waals surface area contributed by atoms with Gasteiger partial charge in [0, 0.05) is 18.7 Å². The van der Waals surface area contributed by atoms with Gasteiger partial charge in [0.1, 0.15) is 0 Å². The van der Waals surface area contributed by atoms with Crippen LogP contribution in [0.5, 0.6) is 0 Å². The zero-order valence-corrected chi connectivity index (χ0v) is 13.2. The number of pyridine rings is 1. The van der Waals surface area contributed by atoms with E-state index in [2.05, 4.69) is 31.3 Å². The minimum atomic E-state index is 0.120. The molecule has 0 saturated heterocycles. The highest BCUT2D eigenvalue weighted by Gasteiger charge is 2.09. The molecule has 2 aromatic heterocycles. The highest BCUT2D eigenvalue weighted by atomic mass is 32.1. The van der Waals surface area contributed by atoms with Crippen molar-refractivity contribution in [1.82, 2.24) is 9.88 Å². The lowest BCUT2D eigenvalue weighted by molar-refractivity contribution is 0.548. The summed E-state index contributed by atoms with van der Waals surface area (Å²) < 4.78 is 1.86. The predicted molar refractivity (Wildman–Crippen MR) is 86.2 cm³/mol. The molecule has 2 rings (SSSR count). The van der Waals surface area contributed by atoms with Gasteiger partial charge in [-0.25, -0.2) is 0 Å². The van der Waals surface area contributed by atoms with Crippen LogP contribution in [-0.2, 0) is 13.1 Å². The van der Waals surface area contributed by atoms with E-state index in [4.69, 9.17) is 0 Å². The average Bonchev–Trinajstić information content (AvgIpc) is 2.93. The fourth-order valence-corrected chi connectivity index (χ4v) is 2.97. The summed E-state index contributed by atoms with van der Waals surface area (Å²) >= 11 is 1.67. The Morgan fingerprint density at radius 1 is 1.30 bits per heavy atom. The average molecular weight is 290 g/mol. The molecule has 0 spiro atoms. The zero-order valence-electron chi connectivity index (χ0n) is 12.3. The van der Waals surface area contributed by atoms with Crippen LogP contribution < -0.4 is 10.9 Å². The number of nitrogens with zero attached hydrogens (tertiary/aromatic N) is 1. The fraction of sp³-hybridized carbons (Fsp3) is 0.438. The van der Waals surface area contributed by atoms with Gasteiger partial charge in [-0.05, 0) is 36.9 Å². The maximum absolute atomic E-state index is 12.5. The van der Waals surface area contributed by atoms with Gasteiger partial charge in [-0.15, -0.1) is 11.3 Å². The number of nitrogens with one attached hydrogen (secondary N) is 1. The van der Waals surface area contributed by atoms with Crippen LogP contribution in [0.3, 0.4) is 0 Å². The van der Waals surface area contributed by atoms with Crippen LogP contribution in [0, 0.1) is 5.92 Å². The summed E-state index contributed by atoms with van der Waals surface area (Å²) in [6.45, 7) is 8.61. The maximum Gasteiger partial charge on any atom is 0.255 e. The molecule has 0 unspecified atom stereocenters. The first-order valence-corrected chi connectivity index (χ1v) is 7.98. The van der Waals surface area contributed by atoms with Crippen LogP contribution in [0.4, 0.5) is 0 Å². The molecule has 0 fully saturated rings. The second-order valence-electron chi connectivity index (χ2n) is 5.30. The Morgan fingerprint density at radius 3 is 2.70 bits per heavy atom. The van der Waals surface area contributed by atoms with E-state index in [0.29, 0.717) is 19.0 Å². The number of aromatic nitrogens is 1. The molecule has 3 nitrogen and oxygen atoms in total. The monoisotopic (exact) mass is 290 g/mol. The molecular weight excluding hydrogens is 268 g/mol. The third-order valence-corrected chi connectivity index (χ3v) is 4.10. The number of thiophene rings is 1. The summed E-state index contributed by atoms with van der Waals surface area (Å²) in [5.41, 5.74) is 1.97. The van der Waals surface area contributed by atoms with Crippen molar-refractivity contribution in [2.75, 3.05) is 6.54 Å². The molecule has 4 heteroatoms. The molecule has 0 amide bonds. The van der Waals surface area contributed by atoms with Crippen LogP contribution in [-0.4, -0.2) is 11.1 Å². The summed E-state index contributed by atoms with van der Waals surface area (Å²) in [5, 5.41) is 5.38. The van der Waals surface area contributed by atoms with Crippen molar-refractivity contribution in [1.29, 1.82) is 0 Å². The van der Waals surface area contributed by atoms with E-state index in [-0.39, 0.29) is 5.56 Å². The molecule has 0 aliphatic carbocycles. The minimum Gasteiger partial charge on any atom is -0.312 e. The first-order valence-electron chi connectivity index (χ1n) is 7.10. The Bertz CT molecular complexity index is 599. The second-order valence-corrected chi connectivity index (χ2v) is 6.24. The van der Waals surface area contributed by atoms with Crippen LogP contribution in [0.15, 0.2) is 34.4 Å². The van der Waals surface area contributed by atoms with Crippen molar-refractivity contribution < 1.29 is 0 Å². The van der Waals surface area contributed by atoms with Gasteiger partial charge in [0.25, 0.3) is 5.56 Å². The smallest absolute Gasteiger partial charge is 0.255 e. The van der Waals surface area contributed by atoms with Crippen molar-refractivity contribution in [2.24, 2.45) is 5.92 Å². The molecule has 20 heavy (non-hydrogen) atoms. The van der Waals surface area contributed by atoms with E-state index < -0.39 is 0 Å². The topological polar surface area (TPSA) is 34.0 Å². The number of hydrogen-bond donors (Lipinski definition) is 1. The predicted octanol–water partition coefficient (Wildman–Crippen LogP) is 3.34. The van der Waals surface area contributed by atoms with Gasteiger partial charge in [0.15, 0.2) is 0 Å². The summed E-state index contributed by atoms with van der Waals surface area (Å²) in [7, 11) is 0. The van der Waals surface area contributed by atoms with Gasteiger partial charge in [-0.3, -0.25) is 4.79 Å². The quantitative estimate of drug-likeness (QED) is 0.885. The molecule has 2 aromatic rings. The van der Waals surface area contributed by atoms with Crippen LogP contribution in [0.1, 0.15) is 26.3 Å². The third-order valence-electron chi connectivity index (χ3n) is 3.21. The van der Waals surface area contributed by atoms with Gasteiger partial charge < -0.3 is 9.88 Å². The van der Waals surface area contributed by atoms with Crippen molar-refractivity contribution in [3.05, 3.63) is 45.6 Å². The lowest BCUT2D eigenvalue weighted by Crippen LogP contribution is -2.29. The van der Waals surface area contributed by atoms with E-state index in [1.807, 2.05) is 29.0 Å². The van der Waals surface area contributed by atoms with E-state index in [0.717, 1.165) is 22.7 Å². The van der Waals surface area contributed by atoms with E-state index in [9.17, 15) is 4.79 Å². The minimum absolute atomic E-state index is 0.120. The molecular formula is C16H22N2OS. The molecule has 0 bridgehead atoms. The molecule has 0 aliphatic rings. The van der Waals surface area contributed by atoms with Crippen molar-refractivity contribution >= 4 is 11.3 Å². The Kier molecular flexibility index (Phi) is 5.15. The largest absolute Gasteiger partial charge is 0.312 e. The molecule has 0 radical (unpaired) electrons. The summed E-state index contributed by atoms with van der Waals surface area (Å²) in [4.78, 5) is 13.7. The van der Waals surface area contributed by atoms with Gasteiger partial charge >= 0.3 is 0 Å². The van der Waals surface area contributed by atoms with Gasteiger partial charge in [-0.1, -0.05) is 26.0 Å². The molecule has 108 valence electrons. The number of hydrogen-bond acceptors (Lipinski definition) is 3. The Morgan fingerprint density at radius 2 is 2.10 bits per heavy atom. The molecule has 0 atom stereocenters. The van der Waals surface area contributed by atoms with Crippen molar-refractivity contribution in [3.63, 3.8) is 0 Å². The van der Waals surface area contributed by atoms with Crippen molar-refractivity contribution in [2.45, 2.75) is 33.9 Å². The van der Waals surface area contributed by atoms with Crippen LogP contribution >= 0.6 is 11.3 Å². The molecule has 0 aliphatic heterocycles. The summed E-state index contributed by atoms with van der Waals surface area (Å²) in [6.07, 6.45) is 0. The van der Waals surface area contributed by atoms with E-state index >= 15 is 0 Å². The lowest BCUT2D eigenvalue weighted by Gasteiger charge is -2.13. The first-order chi connectivity index (χ1) is 9.63. The van der Waals surface area contributed by atoms with E-state index in [1.165, 1.54) is 0 Å². The van der Waals surface area contributed by atoms with Gasteiger partial charge in [0.2, 0.25) is 0 Å². The van der Waals surface area contributed by atoms with Crippen LogP contribution in [0.2, 0.25) is 0 Å². The molecule has 0 saturated carbocycles. The Balaban J connectivity index is 2.27. The van der Waals surface area contributed by atoms with Gasteiger partial charge in [-0.2, -0.15) is 0 Å². The van der Waals surface area contributed by atoms with Crippen molar-refractivity contribution in [3.8, 4) is 10.6 Å². The Labute approximate surface area is 124 Å². The fourth-order valence-electron chi connectivity index (χ4n) is 2.21. The standard InChI is InChI=1S/C16H22N2OS/c1-4-18-14(15-6-5-9-20-15)8-7-13(16(18)19)11-17-10-12(2)3/h5-9,12,17H,4,10-11H2,1-3H3. The molecule has 0 aromatic carbocycles. The van der Waals surface area contributed by atoms with Crippen LogP contribution in [0.25, 0.3) is 10.6 Å². The molecule has 2 heterocycles. The lowest BCUT2D eigenvalue weighted by atomic mass is 10.2.